The normalized spacial score (nSPS) is 25.7. The van der Waals surface area contributed by atoms with Gasteiger partial charge in [-0.3, -0.25) is 10.1 Å². The van der Waals surface area contributed by atoms with Gasteiger partial charge in [0.15, 0.2) is 0 Å². The van der Waals surface area contributed by atoms with Crippen LogP contribution in [0.4, 0.5) is 5.95 Å². The van der Waals surface area contributed by atoms with Crippen molar-refractivity contribution in [1.29, 1.82) is 0 Å². The first kappa shape index (κ1) is 8.15. The Morgan fingerprint density at radius 3 is 2.85 bits per heavy atom. The summed E-state index contributed by atoms with van der Waals surface area (Å²) in [5, 5.41) is 13.7. The molecular weight excluding hydrogens is 170 g/mol. The standard InChI is InChI=1S/C7H11N5O/c1-4-3-5(4)6(13)8-7-9-11-12(2)10-7/h4-5H,3H2,1-2H3,(H,8,10,13). The molecule has 1 amide bonds. The van der Waals surface area contributed by atoms with Gasteiger partial charge in [-0.05, 0) is 17.6 Å². The largest absolute Gasteiger partial charge is 0.292 e. The lowest BCUT2D eigenvalue weighted by Gasteiger charge is -1.96. The molecule has 6 nitrogen and oxygen atoms in total. The molecule has 1 fully saturated rings. The molecule has 0 bridgehead atoms. The van der Waals surface area contributed by atoms with Gasteiger partial charge >= 0.3 is 0 Å². The second-order valence-corrected chi connectivity index (χ2v) is 3.41. The number of aromatic nitrogens is 4. The van der Waals surface area contributed by atoms with Gasteiger partial charge in [0.25, 0.3) is 5.95 Å². The summed E-state index contributed by atoms with van der Waals surface area (Å²) in [6, 6.07) is 0. The molecule has 1 aromatic heterocycles. The third kappa shape index (κ3) is 1.66. The maximum absolute atomic E-state index is 11.4. The molecule has 0 aromatic carbocycles. The minimum atomic E-state index is 0.000463. The van der Waals surface area contributed by atoms with E-state index >= 15 is 0 Å². The maximum Gasteiger partial charge on any atom is 0.270 e. The van der Waals surface area contributed by atoms with Crippen molar-refractivity contribution in [2.45, 2.75) is 13.3 Å². The summed E-state index contributed by atoms with van der Waals surface area (Å²) in [4.78, 5) is 12.7. The van der Waals surface area contributed by atoms with Crippen LogP contribution in [0.5, 0.6) is 0 Å². The van der Waals surface area contributed by atoms with Crippen LogP contribution in [0, 0.1) is 11.8 Å². The quantitative estimate of drug-likeness (QED) is 0.686. The number of rotatable bonds is 2. The highest BCUT2D eigenvalue weighted by Gasteiger charge is 2.39. The smallest absolute Gasteiger partial charge is 0.270 e. The van der Waals surface area contributed by atoms with Crippen LogP contribution in [0.15, 0.2) is 0 Å². The van der Waals surface area contributed by atoms with Crippen LogP contribution < -0.4 is 5.32 Å². The molecule has 1 aliphatic carbocycles. The Hall–Kier alpha value is -1.46. The minimum Gasteiger partial charge on any atom is -0.292 e. The lowest BCUT2D eigenvalue weighted by molar-refractivity contribution is -0.117. The highest BCUT2D eigenvalue weighted by atomic mass is 16.2. The van der Waals surface area contributed by atoms with Crippen LogP contribution in [0.25, 0.3) is 0 Å². The van der Waals surface area contributed by atoms with Crippen molar-refractivity contribution < 1.29 is 4.79 Å². The van der Waals surface area contributed by atoms with E-state index in [9.17, 15) is 4.79 Å². The Labute approximate surface area is 75.3 Å². The van der Waals surface area contributed by atoms with Crippen LogP contribution in [0.1, 0.15) is 13.3 Å². The fourth-order valence-electron chi connectivity index (χ4n) is 1.22. The Balaban J connectivity index is 1.95. The highest BCUT2D eigenvalue weighted by molar-refractivity contribution is 5.92. The van der Waals surface area contributed by atoms with Crippen LogP contribution in [0.2, 0.25) is 0 Å². The maximum atomic E-state index is 11.4. The van der Waals surface area contributed by atoms with Crippen molar-refractivity contribution in [2.75, 3.05) is 5.32 Å². The SMILES string of the molecule is CC1CC1C(=O)Nc1nnn(C)n1. The highest BCUT2D eigenvalue weighted by Crippen LogP contribution is 2.38. The molecule has 2 unspecified atom stereocenters. The van der Waals surface area contributed by atoms with E-state index in [1.54, 1.807) is 7.05 Å². The van der Waals surface area contributed by atoms with E-state index in [1.807, 2.05) is 6.92 Å². The fourth-order valence-corrected chi connectivity index (χ4v) is 1.22. The summed E-state index contributed by atoms with van der Waals surface area (Å²) in [6.45, 7) is 2.05. The van der Waals surface area contributed by atoms with E-state index < -0.39 is 0 Å². The van der Waals surface area contributed by atoms with Gasteiger partial charge in [0.1, 0.15) is 0 Å². The summed E-state index contributed by atoms with van der Waals surface area (Å²) in [5.74, 6) is 0.924. The average Bonchev–Trinajstić information content (AvgIpc) is 2.66. The number of nitrogens with zero attached hydrogens (tertiary/aromatic N) is 4. The van der Waals surface area contributed by atoms with Gasteiger partial charge in [0.2, 0.25) is 5.91 Å². The van der Waals surface area contributed by atoms with Crippen molar-refractivity contribution in [3.05, 3.63) is 0 Å². The van der Waals surface area contributed by atoms with Gasteiger partial charge in [-0.25, -0.2) is 0 Å². The number of carbonyl (C=O) groups excluding carboxylic acids is 1. The lowest BCUT2D eigenvalue weighted by atomic mass is 10.3. The zero-order chi connectivity index (χ0) is 9.42. The second kappa shape index (κ2) is 2.79. The van der Waals surface area contributed by atoms with E-state index in [-0.39, 0.29) is 17.8 Å². The zero-order valence-corrected chi connectivity index (χ0v) is 7.56. The molecule has 1 aromatic rings. The van der Waals surface area contributed by atoms with Crippen LogP contribution in [-0.4, -0.2) is 26.1 Å². The summed E-state index contributed by atoms with van der Waals surface area (Å²) < 4.78 is 0. The molecule has 0 spiro atoms. The molecule has 0 saturated heterocycles. The molecule has 0 aliphatic heterocycles. The number of carbonyl (C=O) groups is 1. The first-order valence-corrected chi connectivity index (χ1v) is 4.21. The molecule has 0 radical (unpaired) electrons. The molecule has 70 valence electrons. The van der Waals surface area contributed by atoms with Gasteiger partial charge in [0.05, 0.1) is 7.05 Å². The molecule has 6 heteroatoms. The Kier molecular flexibility index (Phi) is 1.75. The summed E-state index contributed by atoms with van der Waals surface area (Å²) in [5.41, 5.74) is 0. The minimum absolute atomic E-state index is 0.000463. The predicted molar refractivity (Wildman–Crippen MR) is 44.7 cm³/mol. The summed E-state index contributed by atoms with van der Waals surface area (Å²) in [6.07, 6.45) is 0.964. The first-order chi connectivity index (χ1) is 6.16. The van der Waals surface area contributed by atoms with E-state index in [2.05, 4.69) is 20.7 Å². The van der Waals surface area contributed by atoms with E-state index in [1.165, 1.54) is 4.80 Å². The van der Waals surface area contributed by atoms with Crippen molar-refractivity contribution in [3.63, 3.8) is 0 Å². The fraction of sp³-hybridized carbons (Fsp3) is 0.714. The molecule has 1 saturated carbocycles. The van der Waals surface area contributed by atoms with E-state index in [0.717, 1.165) is 6.42 Å². The van der Waals surface area contributed by atoms with Gasteiger partial charge in [-0.1, -0.05) is 12.0 Å². The Morgan fingerprint density at radius 1 is 1.69 bits per heavy atom. The number of amides is 1. The molecule has 1 N–H and O–H groups in total. The molecule has 2 rings (SSSR count). The van der Waals surface area contributed by atoms with Crippen molar-refractivity contribution in [2.24, 2.45) is 18.9 Å². The number of nitrogens with one attached hydrogen (secondary N) is 1. The molecule has 1 heterocycles. The lowest BCUT2D eigenvalue weighted by Crippen LogP contribution is -2.15. The second-order valence-electron chi connectivity index (χ2n) is 3.41. The van der Waals surface area contributed by atoms with E-state index in [4.69, 9.17) is 0 Å². The third-order valence-corrected chi connectivity index (χ3v) is 2.19. The van der Waals surface area contributed by atoms with Gasteiger partial charge in [0, 0.05) is 5.92 Å². The number of hydrogen-bond donors (Lipinski definition) is 1. The topological polar surface area (TPSA) is 72.7 Å². The van der Waals surface area contributed by atoms with Crippen LogP contribution in [0.3, 0.4) is 0 Å². The van der Waals surface area contributed by atoms with Crippen molar-refractivity contribution in [3.8, 4) is 0 Å². The molecular formula is C7H11N5O. The molecule has 2 atom stereocenters. The van der Waals surface area contributed by atoms with Gasteiger partial charge < -0.3 is 0 Å². The van der Waals surface area contributed by atoms with Crippen molar-refractivity contribution >= 4 is 11.9 Å². The molecule has 13 heavy (non-hydrogen) atoms. The zero-order valence-electron chi connectivity index (χ0n) is 7.56. The van der Waals surface area contributed by atoms with Gasteiger partial charge in [-0.15, -0.1) is 5.10 Å². The summed E-state index contributed by atoms with van der Waals surface area (Å²) >= 11 is 0. The van der Waals surface area contributed by atoms with Gasteiger partial charge in [-0.2, -0.15) is 4.80 Å². The third-order valence-electron chi connectivity index (χ3n) is 2.19. The number of aryl methyl sites for hydroxylation is 1. The Morgan fingerprint density at radius 2 is 2.38 bits per heavy atom. The summed E-state index contributed by atoms with van der Waals surface area (Å²) in [7, 11) is 1.66. The number of tetrazole rings is 1. The van der Waals surface area contributed by atoms with E-state index in [0.29, 0.717) is 5.92 Å². The monoisotopic (exact) mass is 181 g/mol. The van der Waals surface area contributed by atoms with Crippen molar-refractivity contribution in [1.82, 2.24) is 20.2 Å². The Bertz CT molecular complexity index is 333. The predicted octanol–water partition coefficient (Wildman–Crippen LogP) is -0.195. The average molecular weight is 181 g/mol. The number of anilines is 1. The first-order valence-electron chi connectivity index (χ1n) is 4.21. The molecule has 1 aliphatic rings. The van der Waals surface area contributed by atoms with Crippen LogP contribution in [-0.2, 0) is 11.8 Å². The van der Waals surface area contributed by atoms with Crippen LogP contribution >= 0.6 is 0 Å². The number of hydrogen-bond acceptors (Lipinski definition) is 4.